The van der Waals surface area contributed by atoms with Crippen LogP contribution in [0.1, 0.15) is 40.0 Å². The molecule has 0 rings (SSSR count). The Morgan fingerprint density at radius 3 is 2.50 bits per heavy atom. The first kappa shape index (κ1) is 15.1. The van der Waals surface area contributed by atoms with Crippen molar-refractivity contribution in [3.63, 3.8) is 0 Å². The molecule has 0 spiro atoms. The second kappa shape index (κ2) is 9.33. The molecular formula is C12H23NO3. The van der Waals surface area contributed by atoms with Gasteiger partial charge in [0.15, 0.2) is 0 Å². The summed E-state index contributed by atoms with van der Waals surface area (Å²) in [6.07, 6.45) is 1.96. The lowest BCUT2D eigenvalue weighted by atomic mass is 10.2. The van der Waals surface area contributed by atoms with Crippen LogP contribution in [0.15, 0.2) is 0 Å². The topological polar surface area (TPSA) is 55.4 Å². The van der Waals surface area contributed by atoms with Gasteiger partial charge in [-0.25, -0.2) is 0 Å². The quantitative estimate of drug-likeness (QED) is 0.610. The van der Waals surface area contributed by atoms with Gasteiger partial charge in [-0.1, -0.05) is 20.8 Å². The maximum atomic E-state index is 11.1. The third-order valence-electron chi connectivity index (χ3n) is 2.21. The molecule has 0 saturated carbocycles. The average molecular weight is 229 g/mol. The Labute approximate surface area is 97.7 Å². The molecule has 1 amide bonds. The number of carbonyl (C=O) groups excluding carboxylic acids is 2. The van der Waals surface area contributed by atoms with Crippen molar-refractivity contribution in [2.75, 3.05) is 19.8 Å². The van der Waals surface area contributed by atoms with Crippen molar-refractivity contribution < 1.29 is 14.3 Å². The number of ether oxygens (including phenoxy) is 1. The summed E-state index contributed by atoms with van der Waals surface area (Å²) in [7, 11) is 0. The zero-order chi connectivity index (χ0) is 12.4. The van der Waals surface area contributed by atoms with Crippen molar-refractivity contribution in [1.82, 2.24) is 5.32 Å². The number of amides is 1. The van der Waals surface area contributed by atoms with Gasteiger partial charge in [0, 0.05) is 31.9 Å². The minimum absolute atomic E-state index is 0.0159. The number of ketones is 1. The monoisotopic (exact) mass is 229 g/mol. The molecule has 0 bridgehead atoms. The van der Waals surface area contributed by atoms with Crippen LogP contribution in [0, 0.1) is 5.92 Å². The van der Waals surface area contributed by atoms with E-state index >= 15 is 0 Å². The molecule has 0 aliphatic carbocycles. The van der Waals surface area contributed by atoms with Crippen molar-refractivity contribution in [3.8, 4) is 0 Å². The zero-order valence-corrected chi connectivity index (χ0v) is 10.5. The Morgan fingerprint density at radius 2 is 1.94 bits per heavy atom. The summed E-state index contributed by atoms with van der Waals surface area (Å²) in [5, 5.41) is 2.76. The number of carbonyl (C=O) groups is 2. The Hall–Kier alpha value is -0.900. The molecule has 0 aliphatic heterocycles. The van der Waals surface area contributed by atoms with Crippen molar-refractivity contribution in [2.24, 2.45) is 5.92 Å². The molecule has 0 aromatic heterocycles. The summed E-state index contributed by atoms with van der Waals surface area (Å²) in [4.78, 5) is 22.1. The highest BCUT2D eigenvalue weighted by atomic mass is 16.5. The van der Waals surface area contributed by atoms with E-state index in [0.29, 0.717) is 32.6 Å². The average Bonchev–Trinajstić information content (AvgIpc) is 2.26. The van der Waals surface area contributed by atoms with E-state index in [1.54, 1.807) is 0 Å². The Kier molecular flexibility index (Phi) is 8.81. The molecule has 4 heteroatoms. The summed E-state index contributed by atoms with van der Waals surface area (Å²) in [5.41, 5.74) is 0. The van der Waals surface area contributed by atoms with E-state index in [9.17, 15) is 9.59 Å². The van der Waals surface area contributed by atoms with Crippen LogP contribution in [0.3, 0.4) is 0 Å². The maximum absolute atomic E-state index is 11.1. The van der Waals surface area contributed by atoms with Gasteiger partial charge in [0.25, 0.3) is 0 Å². The van der Waals surface area contributed by atoms with E-state index in [1.807, 2.05) is 20.8 Å². The summed E-state index contributed by atoms with van der Waals surface area (Å²) in [5.74, 6) is 0.337. The smallest absolute Gasteiger partial charge is 0.222 e. The van der Waals surface area contributed by atoms with Crippen LogP contribution in [0.2, 0.25) is 0 Å². The molecule has 0 atom stereocenters. The van der Waals surface area contributed by atoms with E-state index in [-0.39, 0.29) is 17.6 Å². The minimum atomic E-state index is 0.0159. The van der Waals surface area contributed by atoms with Gasteiger partial charge >= 0.3 is 0 Å². The molecule has 0 radical (unpaired) electrons. The molecule has 0 aromatic rings. The Morgan fingerprint density at radius 1 is 1.25 bits per heavy atom. The summed E-state index contributed by atoms with van der Waals surface area (Å²) >= 11 is 0. The highest BCUT2D eigenvalue weighted by Gasteiger charge is 2.04. The summed E-state index contributed by atoms with van der Waals surface area (Å²) in [6, 6.07) is 0. The van der Waals surface area contributed by atoms with E-state index in [2.05, 4.69) is 5.32 Å². The fourth-order valence-corrected chi connectivity index (χ4v) is 1.10. The number of Topliss-reactive ketones (excluding diaryl/α,β-unsaturated/α-hetero) is 1. The van der Waals surface area contributed by atoms with Crippen LogP contribution < -0.4 is 5.32 Å². The van der Waals surface area contributed by atoms with Crippen molar-refractivity contribution in [2.45, 2.75) is 40.0 Å². The molecular weight excluding hydrogens is 206 g/mol. The SMILES string of the molecule is CCC(=O)CCCOCCNC(=O)C(C)C. The fraction of sp³-hybridized carbons (Fsp3) is 0.833. The minimum Gasteiger partial charge on any atom is -0.380 e. The predicted molar refractivity (Wildman–Crippen MR) is 63.2 cm³/mol. The number of hydrogen-bond acceptors (Lipinski definition) is 3. The van der Waals surface area contributed by atoms with E-state index < -0.39 is 0 Å². The Bertz CT molecular complexity index is 214. The normalized spacial score (nSPS) is 10.5. The summed E-state index contributed by atoms with van der Waals surface area (Å²) in [6.45, 7) is 7.21. The van der Waals surface area contributed by atoms with Gasteiger partial charge in [-0.15, -0.1) is 0 Å². The molecule has 0 aliphatic rings. The van der Waals surface area contributed by atoms with Gasteiger partial charge in [-0.05, 0) is 6.42 Å². The van der Waals surface area contributed by atoms with E-state index in [4.69, 9.17) is 4.74 Å². The summed E-state index contributed by atoms with van der Waals surface area (Å²) < 4.78 is 5.29. The highest BCUT2D eigenvalue weighted by molar-refractivity contribution is 5.78. The lowest BCUT2D eigenvalue weighted by Crippen LogP contribution is -2.30. The van der Waals surface area contributed by atoms with E-state index in [1.165, 1.54) is 0 Å². The molecule has 0 unspecified atom stereocenters. The fourth-order valence-electron chi connectivity index (χ4n) is 1.10. The largest absolute Gasteiger partial charge is 0.380 e. The molecule has 0 fully saturated rings. The van der Waals surface area contributed by atoms with Crippen LogP contribution >= 0.6 is 0 Å². The maximum Gasteiger partial charge on any atom is 0.222 e. The predicted octanol–water partition coefficient (Wildman–Crippen LogP) is 1.53. The first-order valence-electron chi connectivity index (χ1n) is 5.95. The first-order valence-corrected chi connectivity index (χ1v) is 5.95. The third kappa shape index (κ3) is 8.41. The second-order valence-electron chi connectivity index (χ2n) is 4.05. The van der Waals surface area contributed by atoms with Crippen LogP contribution in [0.4, 0.5) is 0 Å². The van der Waals surface area contributed by atoms with Crippen molar-refractivity contribution >= 4 is 11.7 Å². The molecule has 0 heterocycles. The number of hydrogen-bond donors (Lipinski definition) is 1. The van der Waals surface area contributed by atoms with Crippen LogP contribution in [-0.4, -0.2) is 31.4 Å². The second-order valence-corrected chi connectivity index (χ2v) is 4.05. The van der Waals surface area contributed by atoms with Gasteiger partial charge < -0.3 is 10.1 Å². The number of nitrogens with one attached hydrogen (secondary N) is 1. The van der Waals surface area contributed by atoms with Gasteiger partial charge in [-0.2, -0.15) is 0 Å². The van der Waals surface area contributed by atoms with Crippen LogP contribution in [-0.2, 0) is 14.3 Å². The first-order chi connectivity index (χ1) is 7.57. The molecule has 0 saturated heterocycles. The van der Waals surface area contributed by atoms with Crippen LogP contribution in [0.5, 0.6) is 0 Å². The standard InChI is InChI=1S/C12H23NO3/c1-4-11(14)6-5-8-16-9-7-13-12(15)10(2)3/h10H,4-9H2,1-3H3,(H,13,15). The van der Waals surface area contributed by atoms with Crippen molar-refractivity contribution in [1.29, 1.82) is 0 Å². The molecule has 4 nitrogen and oxygen atoms in total. The molecule has 0 aromatic carbocycles. The van der Waals surface area contributed by atoms with Gasteiger partial charge in [0.05, 0.1) is 6.61 Å². The lowest BCUT2D eigenvalue weighted by molar-refractivity contribution is -0.124. The third-order valence-corrected chi connectivity index (χ3v) is 2.21. The highest BCUT2D eigenvalue weighted by Crippen LogP contribution is 1.95. The number of rotatable bonds is 9. The zero-order valence-electron chi connectivity index (χ0n) is 10.5. The van der Waals surface area contributed by atoms with Gasteiger partial charge in [0.1, 0.15) is 5.78 Å². The van der Waals surface area contributed by atoms with Gasteiger partial charge in [-0.3, -0.25) is 9.59 Å². The lowest BCUT2D eigenvalue weighted by Gasteiger charge is -2.07. The molecule has 1 N–H and O–H groups in total. The Balaban J connectivity index is 3.22. The van der Waals surface area contributed by atoms with Gasteiger partial charge in [0.2, 0.25) is 5.91 Å². The van der Waals surface area contributed by atoms with Crippen LogP contribution in [0.25, 0.3) is 0 Å². The molecule has 16 heavy (non-hydrogen) atoms. The van der Waals surface area contributed by atoms with E-state index in [0.717, 1.165) is 6.42 Å². The molecule has 94 valence electrons. The van der Waals surface area contributed by atoms with Crippen molar-refractivity contribution in [3.05, 3.63) is 0 Å².